The van der Waals surface area contributed by atoms with Crippen molar-refractivity contribution in [3.05, 3.63) is 18.0 Å². The van der Waals surface area contributed by atoms with Crippen LogP contribution >= 0.6 is 0 Å². The fourth-order valence-corrected chi connectivity index (χ4v) is 2.12. The molecule has 2 heterocycles. The first kappa shape index (κ1) is 12.9. The monoisotopic (exact) mass is 250 g/mol. The Labute approximate surface area is 108 Å². The van der Waals surface area contributed by atoms with E-state index in [0.29, 0.717) is 5.96 Å². The van der Waals surface area contributed by atoms with E-state index in [1.54, 1.807) is 0 Å². The molecule has 0 saturated carbocycles. The van der Waals surface area contributed by atoms with E-state index in [4.69, 9.17) is 5.73 Å². The Bertz CT molecular complexity index is 422. The van der Waals surface area contributed by atoms with Crippen LogP contribution in [0.1, 0.15) is 18.5 Å². The highest BCUT2D eigenvalue weighted by molar-refractivity contribution is 5.80. The molecule has 18 heavy (non-hydrogen) atoms. The van der Waals surface area contributed by atoms with E-state index in [-0.39, 0.29) is 6.04 Å². The summed E-state index contributed by atoms with van der Waals surface area (Å²) in [5, 5.41) is 4.32. The summed E-state index contributed by atoms with van der Waals surface area (Å²) in [6, 6.07) is 0.241. The second-order valence-corrected chi connectivity index (χ2v) is 4.84. The molecule has 1 aromatic heterocycles. The van der Waals surface area contributed by atoms with Crippen LogP contribution in [0.15, 0.2) is 17.4 Å². The van der Waals surface area contributed by atoms with Gasteiger partial charge in [-0.3, -0.25) is 9.67 Å². The smallest absolute Gasteiger partial charge is 0.191 e. The molecule has 0 aromatic carbocycles. The SMILES string of the molecule is CCn1cc(C2CN=C(N)N2CCN(C)C)cn1. The van der Waals surface area contributed by atoms with E-state index < -0.39 is 0 Å². The fraction of sp³-hybridized carbons (Fsp3) is 0.667. The van der Waals surface area contributed by atoms with Gasteiger partial charge in [0.25, 0.3) is 0 Å². The average Bonchev–Trinajstić information content (AvgIpc) is 2.92. The Morgan fingerprint density at radius 1 is 1.50 bits per heavy atom. The molecule has 0 fully saturated rings. The average molecular weight is 250 g/mol. The molecule has 0 saturated heterocycles. The lowest BCUT2D eigenvalue weighted by molar-refractivity contribution is 0.293. The predicted molar refractivity (Wildman–Crippen MR) is 72.4 cm³/mol. The van der Waals surface area contributed by atoms with Gasteiger partial charge in [0.15, 0.2) is 5.96 Å². The molecular formula is C12H22N6. The van der Waals surface area contributed by atoms with Gasteiger partial charge in [-0.1, -0.05) is 0 Å². The fourth-order valence-electron chi connectivity index (χ4n) is 2.12. The molecule has 100 valence electrons. The van der Waals surface area contributed by atoms with Crippen LogP contribution in [0.25, 0.3) is 0 Å². The number of nitrogens with two attached hydrogens (primary N) is 1. The van der Waals surface area contributed by atoms with Crippen LogP contribution in [0, 0.1) is 0 Å². The number of aromatic nitrogens is 2. The van der Waals surface area contributed by atoms with Crippen LogP contribution in [0.3, 0.4) is 0 Å². The maximum Gasteiger partial charge on any atom is 0.191 e. The normalized spacial score (nSPS) is 19.7. The van der Waals surface area contributed by atoms with Crippen LogP contribution < -0.4 is 5.73 Å². The van der Waals surface area contributed by atoms with E-state index >= 15 is 0 Å². The molecule has 1 unspecified atom stereocenters. The first-order valence-electron chi connectivity index (χ1n) is 6.35. The lowest BCUT2D eigenvalue weighted by atomic mass is 10.1. The number of hydrogen-bond acceptors (Lipinski definition) is 5. The third kappa shape index (κ3) is 2.64. The number of guanidine groups is 1. The van der Waals surface area contributed by atoms with Crippen molar-refractivity contribution in [2.24, 2.45) is 10.7 Å². The molecule has 0 spiro atoms. The zero-order chi connectivity index (χ0) is 13.1. The van der Waals surface area contributed by atoms with Gasteiger partial charge in [0, 0.05) is 31.4 Å². The van der Waals surface area contributed by atoms with Gasteiger partial charge in [-0.25, -0.2) is 0 Å². The van der Waals surface area contributed by atoms with Gasteiger partial charge in [0.2, 0.25) is 0 Å². The molecule has 0 bridgehead atoms. The van der Waals surface area contributed by atoms with Crippen molar-refractivity contribution in [1.82, 2.24) is 19.6 Å². The summed E-state index contributed by atoms with van der Waals surface area (Å²) >= 11 is 0. The van der Waals surface area contributed by atoms with Crippen molar-refractivity contribution in [1.29, 1.82) is 0 Å². The first-order valence-corrected chi connectivity index (χ1v) is 6.35. The Hall–Kier alpha value is -1.56. The third-order valence-corrected chi connectivity index (χ3v) is 3.25. The van der Waals surface area contributed by atoms with Crippen molar-refractivity contribution in [3.63, 3.8) is 0 Å². The van der Waals surface area contributed by atoms with Gasteiger partial charge in [-0.2, -0.15) is 5.10 Å². The molecule has 0 aliphatic carbocycles. The zero-order valence-electron chi connectivity index (χ0n) is 11.4. The molecular weight excluding hydrogens is 228 g/mol. The second-order valence-electron chi connectivity index (χ2n) is 4.84. The zero-order valence-corrected chi connectivity index (χ0v) is 11.4. The van der Waals surface area contributed by atoms with Crippen molar-refractivity contribution < 1.29 is 0 Å². The molecule has 2 rings (SSSR count). The predicted octanol–water partition coefficient (Wildman–Crippen LogP) is 0.136. The van der Waals surface area contributed by atoms with E-state index in [2.05, 4.69) is 47.1 Å². The number of aliphatic imine (C=N–C) groups is 1. The highest BCUT2D eigenvalue weighted by Crippen LogP contribution is 2.24. The Morgan fingerprint density at radius 3 is 2.89 bits per heavy atom. The summed E-state index contributed by atoms with van der Waals surface area (Å²) in [7, 11) is 4.13. The van der Waals surface area contributed by atoms with Crippen LogP contribution in [0.5, 0.6) is 0 Å². The number of aryl methyl sites for hydroxylation is 1. The van der Waals surface area contributed by atoms with Crippen molar-refractivity contribution in [2.75, 3.05) is 33.7 Å². The van der Waals surface area contributed by atoms with Gasteiger partial charge >= 0.3 is 0 Å². The maximum atomic E-state index is 5.96. The summed E-state index contributed by atoms with van der Waals surface area (Å²) in [5.74, 6) is 0.645. The molecule has 6 nitrogen and oxygen atoms in total. The molecule has 0 amide bonds. The molecule has 1 aliphatic heterocycles. The first-order chi connectivity index (χ1) is 8.61. The summed E-state index contributed by atoms with van der Waals surface area (Å²) in [4.78, 5) is 8.67. The van der Waals surface area contributed by atoms with Gasteiger partial charge in [0.1, 0.15) is 0 Å². The number of hydrogen-bond donors (Lipinski definition) is 1. The number of rotatable bonds is 5. The molecule has 6 heteroatoms. The van der Waals surface area contributed by atoms with E-state index in [9.17, 15) is 0 Å². The van der Waals surface area contributed by atoms with Crippen LogP contribution in [-0.4, -0.2) is 59.3 Å². The number of likely N-dealkylation sites (N-methyl/N-ethyl adjacent to an activating group) is 1. The lowest BCUT2D eigenvalue weighted by Crippen LogP contribution is -2.40. The highest BCUT2D eigenvalue weighted by Gasteiger charge is 2.28. The molecule has 2 N–H and O–H groups in total. The van der Waals surface area contributed by atoms with E-state index in [1.807, 2.05) is 10.9 Å². The minimum absolute atomic E-state index is 0.241. The minimum atomic E-state index is 0.241. The van der Waals surface area contributed by atoms with Gasteiger partial charge in [-0.05, 0) is 21.0 Å². The Balaban J connectivity index is 2.07. The summed E-state index contributed by atoms with van der Waals surface area (Å²) in [6.45, 7) is 5.56. The summed E-state index contributed by atoms with van der Waals surface area (Å²) < 4.78 is 1.94. The topological polar surface area (TPSA) is 62.7 Å². The van der Waals surface area contributed by atoms with Crippen LogP contribution in [0.4, 0.5) is 0 Å². The summed E-state index contributed by atoms with van der Waals surface area (Å²) in [6.07, 6.45) is 4.01. The standard InChI is InChI=1S/C12H22N6/c1-4-17-9-10(7-15-17)11-8-14-12(13)18(11)6-5-16(2)3/h7,9,11H,4-6,8H2,1-3H3,(H2,13,14). The van der Waals surface area contributed by atoms with Crippen LogP contribution in [-0.2, 0) is 6.54 Å². The van der Waals surface area contributed by atoms with E-state index in [0.717, 1.165) is 26.2 Å². The van der Waals surface area contributed by atoms with Gasteiger partial charge in [0.05, 0.1) is 18.8 Å². The van der Waals surface area contributed by atoms with Crippen molar-refractivity contribution >= 4 is 5.96 Å². The van der Waals surface area contributed by atoms with Gasteiger partial charge < -0.3 is 15.5 Å². The molecule has 1 aliphatic rings. The highest BCUT2D eigenvalue weighted by atomic mass is 15.3. The Morgan fingerprint density at radius 2 is 2.28 bits per heavy atom. The second kappa shape index (κ2) is 5.39. The molecule has 1 aromatic rings. The Kier molecular flexibility index (Phi) is 3.86. The van der Waals surface area contributed by atoms with Crippen LogP contribution in [0.2, 0.25) is 0 Å². The van der Waals surface area contributed by atoms with Crippen molar-refractivity contribution in [2.45, 2.75) is 19.5 Å². The quantitative estimate of drug-likeness (QED) is 0.807. The largest absolute Gasteiger partial charge is 0.370 e. The van der Waals surface area contributed by atoms with E-state index in [1.165, 1.54) is 5.56 Å². The maximum absolute atomic E-state index is 5.96. The van der Waals surface area contributed by atoms with Gasteiger partial charge in [-0.15, -0.1) is 0 Å². The molecule has 0 radical (unpaired) electrons. The third-order valence-electron chi connectivity index (χ3n) is 3.25. The lowest BCUT2D eigenvalue weighted by Gasteiger charge is -2.26. The summed E-state index contributed by atoms with van der Waals surface area (Å²) in [5.41, 5.74) is 7.16. The van der Waals surface area contributed by atoms with Crippen molar-refractivity contribution in [3.8, 4) is 0 Å². The minimum Gasteiger partial charge on any atom is -0.370 e. The number of nitrogens with zero attached hydrogens (tertiary/aromatic N) is 5. The molecule has 1 atom stereocenters.